The van der Waals surface area contributed by atoms with Crippen LogP contribution in [-0.2, 0) is 14.3 Å². The minimum absolute atomic E-state index is 0.0361. The van der Waals surface area contributed by atoms with Crippen molar-refractivity contribution in [2.24, 2.45) is 5.92 Å². The van der Waals surface area contributed by atoms with E-state index in [4.69, 9.17) is 4.74 Å². The lowest BCUT2D eigenvalue weighted by atomic mass is 9.96. The maximum atomic E-state index is 12.7. The molecule has 1 aromatic rings. The number of nitrogens with zero attached hydrogens (tertiary/aromatic N) is 3. The van der Waals surface area contributed by atoms with Gasteiger partial charge in [-0.3, -0.25) is 34.2 Å². The summed E-state index contributed by atoms with van der Waals surface area (Å²) < 4.78 is 5.07. The highest BCUT2D eigenvalue weighted by atomic mass is 16.6. The van der Waals surface area contributed by atoms with Gasteiger partial charge in [0.2, 0.25) is 11.8 Å². The van der Waals surface area contributed by atoms with E-state index in [1.165, 1.54) is 6.07 Å². The van der Waals surface area contributed by atoms with Crippen molar-refractivity contribution in [3.8, 4) is 0 Å². The molecule has 3 rings (SSSR count). The number of non-ortho nitro benzene ring substituents is 1. The predicted molar refractivity (Wildman–Crippen MR) is 125 cm³/mol. The Morgan fingerprint density at radius 2 is 1.72 bits per heavy atom. The second kappa shape index (κ2) is 10.7. The highest BCUT2D eigenvalue weighted by molar-refractivity contribution is 6.22. The van der Waals surface area contributed by atoms with Gasteiger partial charge in [-0.15, -0.1) is 0 Å². The molecule has 1 saturated heterocycles. The molecule has 2 N–H and O–H groups in total. The average Bonchev–Trinajstić information content (AvgIpc) is 3.04. The molecule has 2 aliphatic heterocycles. The van der Waals surface area contributed by atoms with Crippen LogP contribution in [0.5, 0.6) is 0 Å². The van der Waals surface area contributed by atoms with Crippen LogP contribution in [0.3, 0.4) is 0 Å². The van der Waals surface area contributed by atoms with Crippen molar-refractivity contribution >= 4 is 35.4 Å². The first-order valence-corrected chi connectivity index (χ1v) is 11.5. The van der Waals surface area contributed by atoms with Crippen LogP contribution in [-0.4, -0.2) is 82.8 Å². The van der Waals surface area contributed by atoms with Gasteiger partial charge in [-0.05, 0) is 45.6 Å². The number of likely N-dealkylation sites (tertiary alicyclic amines) is 1. The summed E-state index contributed by atoms with van der Waals surface area (Å²) in [7, 11) is 0. The second-order valence-corrected chi connectivity index (χ2v) is 9.67. The number of piperidine rings is 1. The van der Waals surface area contributed by atoms with Crippen LogP contribution in [0.2, 0.25) is 0 Å². The third-order valence-electron chi connectivity index (χ3n) is 5.81. The second-order valence-electron chi connectivity index (χ2n) is 9.67. The lowest BCUT2D eigenvalue weighted by Crippen LogP contribution is -2.47. The highest BCUT2D eigenvalue weighted by Gasteiger charge is 2.39. The van der Waals surface area contributed by atoms with Crippen LogP contribution >= 0.6 is 0 Å². The molecular weight excluding hydrogens is 474 g/mol. The maximum Gasteiger partial charge on any atom is 0.408 e. The summed E-state index contributed by atoms with van der Waals surface area (Å²) in [6.45, 7) is 5.67. The van der Waals surface area contributed by atoms with E-state index in [0.717, 1.165) is 17.0 Å². The fraction of sp³-hybridized carbons (Fsp3) is 0.522. The third-order valence-corrected chi connectivity index (χ3v) is 5.81. The molecule has 13 nitrogen and oxygen atoms in total. The summed E-state index contributed by atoms with van der Waals surface area (Å²) in [6.07, 6.45) is 0.542. The topological polar surface area (TPSA) is 168 Å². The standard InChI is InChI=1S/C23H29N5O8/c1-23(2,3)36-22(33)25-12-18(29)24-11-14-6-8-26(9-7-14)19(30)13-27-20(31)16-5-4-15(28(34)35)10-17(16)21(27)32/h4-5,10,14H,6-9,11-13H2,1-3H3,(H,24,29)(H,25,33). The van der Waals surface area contributed by atoms with Crippen molar-refractivity contribution in [2.75, 3.05) is 32.7 Å². The number of alkyl carbamates (subject to hydrolysis) is 1. The normalized spacial score (nSPS) is 16.0. The van der Waals surface area contributed by atoms with Gasteiger partial charge in [-0.2, -0.15) is 0 Å². The number of fused-ring (bicyclic) bond motifs is 1. The van der Waals surface area contributed by atoms with Crippen molar-refractivity contribution in [2.45, 2.75) is 39.2 Å². The van der Waals surface area contributed by atoms with Crippen molar-refractivity contribution < 1.29 is 33.6 Å². The smallest absolute Gasteiger partial charge is 0.408 e. The Morgan fingerprint density at radius 3 is 2.33 bits per heavy atom. The number of rotatable bonds is 7. The first-order valence-electron chi connectivity index (χ1n) is 11.5. The van der Waals surface area contributed by atoms with Crippen LogP contribution in [0.4, 0.5) is 10.5 Å². The van der Waals surface area contributed by atoms with Gasteiger partial charge in [0.15, 0.2) is 0 Å². The van der Waals surface area contributed by atoms with Gasteiger partial charge in [0.1, 0.15) is 12.1 Å². The molecule has 1 aromatic carbocycles. The van der Waals surface area contributed by atoms with E-state index in [2.05, 4.69) is 10.6 Å². The number of carbonyl (C=O) groups is 5. The Labute approximate surface area is 207 Å². The quantitative estimate of drug-likeness (QED) is 0.316. The minimum Gasteiger partial charge on any atom is -0.444 e. The Kier molecular flexibility index (Phi) is 7.90. The summed E-state index contributed by atoms with van der Waals surface area (Å²) in [6, 6.07) is 3.41. The van der Waals surface area contributed by atoms with Crippen molar-refractivity contribution in [1.82, 2.24) is 20.4 Å². The zero-order valence-corrected chi connectivity index (χ0v) is 20.4. The Bertz CT molecular complexity index is 1090. The number of benzene rings is 1. The molecule has 0 unspecified atom stereocenters. The van der Waals surface area contributed by atoms with Crippen LogP contribution in [0, 0.1) is 16.0 Å². The number of ether oxygens (including phenoxy) is 1. The first-order chi connectivity index (χ1) is 16.9. The summed E-state index contributed by atoms with van der Waals surface area (Å²) in [5, 5.41) is 16.1. The minimum atomic E-state index is -0.732. The molecule has 0 radical (unpaired) electrons. The summed E-state index contributed by atoms with van der Waals surface area (Å²) >= 11 is 0. The van der Waals surface area contributed by atoms with Gasteiger partial charge in [0.25, 0.3) is 17.5 Å². The molecule has 2 heterocycles. The third kappa shape index (κ3) is 6.55. The fourth-order valence-corrected chi connectivity index (χ4v) is 3.94. The Hall–Kier alpha value is -4.03. The molecule has 194 valence electrons. The van der Waals surface area contributed by atoms with Crippen LogP contribution < -0.4 is 10.6 Å². The van der Waals surface area contributed by atoms with Gasteiger partial charge in [0.05, 0.1) is 22.6 Å². The van der Waals surface area contributed by atoms with Crippen molar-refractivity contribution in [3.63, 3.8) is 0 Å². The van der Waals surface area contributed by atoms with Crippen LogP contribution in [0.25, 0.3) is 0 Å². The van der Waals surface area contributed by atoms with Gasteiger partial charge in [0, 0.05) is 31.8 Å². The van der Waals surface area contributed by atoms with E-state index in [1.807, 2.05) is 0 Å². The summed E-state index contributed by atoms with van der Waals surface area (Å²) in [5.74, 6) is -2.02. The summed E-state index contributed by atoms with van der Waals surface area (Å²) in [5.41, 5.74) is -1.02. The first kappa shape index (κ1) is 26.6. The molecule has 0 atom stereocenters. The van der Waals surface area contributed by atoms with Gasteiger partial charge in [-0.25, -0.2) is 4.79 Å². The average molecular weight is 504 g/mol. The van der Waals surface area contributed by atoms with Gasteiger partial charge >= 0.3 is 6.09 Å². The number of carbonyl (C=O) groups excluding carboxylic acids is 5. The van der Waals surface area contributed by atoms with E-state index >= 15 is 0 Å². The van der Waals surface area contributed by atoms with Crippen LogP contribution in [0.1, 0.15) is 54.3 Å². The molecule has 36 heavy (non-hydrogen) atoms. The number of hydrogen-bond acceptors (Lipinski definition) is 8. The van der Waals surface area contributed by atoms with Crippen molar-refractivity contribution in [3.05, 3.63) is 39.4 Å². The van der Waals surface area contributed by atoms with Gasteiger partial charge in [-0.1, -0.05) is 0 Å². The zero-order valence-electron chi connectivity index (χ0n) is 20.4. The number of nitrogens with one attached hydrogen (secondary N) is 2. The van der Waals surface area contributed by atoms with Gasteiger partial charge < -0.3 is 20.3 Å². The number of nitro benzene ring substituents is 1. The molecule has 0 bridgehead atoms. The predicted octanol–water partition coefficient (Wildman–Crippen LogP) is 1.07. The van der Waals surface area contributed by atoms with E-state index < -0.39 is 40.9 Å². The Morgan fingerprint density at radius 1 is 1.08 bits per heavy atom. The molecule has 2 aliphatic rings. The SMILES string of the molecule is CC(C)(C)OC(=O)NCC(=O)NCC1CCN(C(=O)CN2C(=O)c3ccc([N+](=O)[O-])cc3C2=O)CC1. The largest absolute Gasteiger partial charge is 0.444 e. The number of hydrogen-bond donors (Lipinski definition) is 2. The highest BCUT2D eigenvalue weighted by Crippen LogP contribution is 2.27. The molecule has 0 saturated carbocycles. The number of amides is 5. The van der Waals surface area contributed by atoms with E-state index in [0.29, 0.717) is 32.5 Å². The number of nitro groups is 1. The van der Waals surface area contributed by atoms with Crippen LogP contribution in [0.15, 0.2) is 18.2 Å². The van der Waals surface area contributed by atoms with E-state index in [9.17, 15) is 34.1 Å². The lowest BCUT2D eigenvalue weighted by molar-refractivity contribution is -0.384. The molecule has 13 heteroatoms. The number of imide groups is 1. The maximum absolute atomic E-state index is 12.7. The van der Waals surface area contributed by atoms with Crippen molar-refractivity contribution in [1.29, 1.82) is 0 Å². The van der Waals surface area contributed by atoms with E-state index in [-0.39, 0.29) is 35.2 Å². The molecule has 1 fully saturated rings. The van der Waals surface area contributed by atoms with E-state index in [1.54, 1.807) is 25.7 Å². The Balaban J connectivity index is 1.42. The molecule has 5 amide bonds. The lowest BCUT2D eigenvalue weighted by Gasteiger charge is -2.32. The fourth-order valence-electron chi connectivity index (χ4n) is 3.94. The monoisotopic (exact) mass is 503 g/mol. The summed E-state index contributed by atoms with van der Waals surface area (Å²) in [4.78, 5) is 74.2. The molecule has 0 aliphatic carbocycles. The molecule has 0 aromatic heterocycles. The molecular formula is C23H29N5O8. The molecule has 0 spiro atoms. The zero-order chi connectivity index (χ0) is 26.6.